The number of fused-ring (bicyclic) bond motifs is 2. The van der Waals surface area contributed by atoms with E-state index in [1.54, 1.807) is 24.5 Å². The molecule has 0 saturated heterocycles. The van der Waals surface area contributed by atoms with Gasteiger partial charge in [0.15, 0.2) is 0 Å². The van der Waals surface area contributed by atoms with E-state index in [1.807, 2.05) is 42.5 Å². The summed E-state index contributed by atoms with van der Waals surface area (Å²) in [6.45, 7) is 0. The standard InChI is InChI=1S/C22H14N4O3S.Na.H/c27-30(28,29)16-8-7-14-12-19-20(13-15(14)11-16)26-22(18-6-2-4-10-24-18)21(25-19)17-5-1-3-9-23-17;;/h1-13H,(H,27,28,29);;/q;+1;-1. The van der Waals surface area contributed by atoms with Crippen molar-refractivity contribution in [1.29, 1.82) is 0 Å². The zero-order valence-electron chi connectivity index (χ0n) is 17.5. The molecule has 9 heteroatoms. The maximum atomic E-state index is 11.5. The molecule has 0 aliphatic carbocycles. The second-order valence-corrected chi connectivity index (χ2v) is 8.10. The molecule has 0 aliphatic heterocycles. The molecule has 5 aromatic rings. The van der Waals surface area contributed by atoms with Crippen LogP contribution in [-0.2, 0) is 10.1 Å². The van der Waals surface area contributed by atoms with E-state index in [2.05, 4.69) is 9.97 Å². The molecule has 0 amide bonds. The predicted octanol–water partition coefficient (Wildman–Crippen LogP) is 1.27. The summed E-state index contributed by atoms with van der Waals surface area (Å²) in [4.78, 5) is 18.3. The van der Waals surface area contributed by atoms with Gasteiger partial charge in [0.2, 0.25) is 0 Å². The normalized spacial score (nSPS) is 11.4. The van der Waals surface area contributed by atoms with E-state index in [0.29, 0.717) is 39.2 Å². The fraction of sp³-hybridized carbons (Fsp3) is 0. The van der Waals surface area contributed by atoms with Gasteiger partial charge in [-0.3, -0.25) is 14.5 Å². The van der Waals surface area contributed by atoms with Crippen LogP contribution in [0.1, 0.15) is 1.43 Å². The van der Waals surface area contributed by atoms with Gasteiger partial charge in [-0.1, -0.05) is 18.2 Å². The molecule has 3 heterocycles. The fourth-order valence-corrected chi connectivity index (χ4v) is 3.82. The molecule has 0 fully saturated rings. The molecule has 31 heavy (non-hydrogen) atoms. The molecular weight excluding hydrogens is 423 g/mol. The van der Waals surface area contributed by atoms with Crippen molar-refractivity contribution in [2.24, 2.45) is 0 Å². The minimum Gasteiger partial charge on any atom is -1.00 e. The van der Waals surface area contributed by atoms with Gasteiger partial charge in [-0.05, 0) is 59.3 Å². The van der Waals surface area contributed by atoms with Crippen molar-refractivity contribution >= 4 is 31.9 Å². The minimum atomic E-state index is -4.30. The number of hydrogen-bond donors (Lipinski definition) is 1. The Kier molecular flexibility index (Phi) is 5.83. The molecule has 5 rings (SSSR count). The summed E-state index contributed by atoms with van der Waals surface area (Å²) >= 11 is 0. The monoisotopic (exact) mass is 438 g/mol. The number of hydrogen-bond acceptors (Lipinski definition) is 6. The molecule has 0 spiro atoms. The Balaban J connectivity index is 0.00000144. The van der Waals surface area contributed by atoms with E-state index in [0.717, 1.165) is 5.39 Å². The molecule has 0 saturated carbocycles. The zero-order valence-corrected chi connectivity index (χ0v) is 19.3. The smallest absolute Gasteiger partial charge is 1.00 e. The van der Waals surface area contributed by atoms with Crippen LogP contribution in [0.5, 0.6) is 0 Å². The molecule has 3 aromatic heterocycles. The number of aromatic nitrogens is 4. The van der Waals surface area contributed by atoms with Crippen LogP contribution in [0, 0.1) is 0 Å². The fourth-order valence-electron chi connectivity index (χ4n) is 3.30. The second kappa shape index (κ2) is 8.41. The van der Waals surface area contributed by atoms with Crippen molar-refractivity contribution < 1.29 is 44.0 Å². The summed E-state index contributed by atoms with van der Waals surface area (Å²) in [5.74, 6) is 0. The van der Waals surface area contributed by atoms with E-state index in [4.69, 9.17) is 9.97 Å². The van der Waals surface area contributed by atoms with E-state index >= 15 is 0 Å². The molecule has 7 nitrogen and oxygen atoms in total. The number of nitrogens with zero attached hydrogens (tertiary/aromatic N) is 4. The van der Waals surface area contributed by atoms with E-state index < -0.39 is 10.1 Å². The maximum Gasteiger partial charge on any atom is 1.00 e. The average Bonchev–Trinajstić information content (AvgIpc) is 2.77. The quantitative estimate of drug-likeness (QED) is 0.257. The zero-order chi connectivity index (χ0) is 20.7. The first-order chi connectivity index (χ1) is 14.5. The summed E-state index contributed by atoms with van der Waals surface area (Å²) in [5.41, 5.74) is 3.73. The number of pyridine rings is 2. The van der Waals surface area contributed by atoms with E-state index in [9.17, 15) is 13.0 Å². The summed E-state index contributed by atoms with van der Waals surface area (Å²) in [6, 6.07) is 19.1. The second-order valence-electron chi connectivity index (χ2n) is 6.68. The van der Waals surface area contributed by atoms with Gasteiger partial charge in [0.1, 0.15) is 11.4 Å². The van der Waals surface area contributed by atoms with Crippen LogP contribution in [-0.4, -0.2) is 32.9 Å². The third kappa shape index (κ3) is 4.21. The summed E-state index contributed by atoms with van der Waals surface area (Å²) in [5, 5.41) is 1.41. The van der Waals surface area contributed by atoms with Gasteiger partial charge in [-0.2, -0.15) is 8.42 Å². The van der Waals surface area contributed by atoms with Crippen LogP contribution in [0.4, 0.5) is 0 Å². The van der Waals surface area contributed by atoms with Crippen LogP contribution in [0.2, 0.25) is 0 Å². The first kappa shape index (κ1) is 21.5. The van der Waals surface area contributed by atoms with Crippen LogP contribution in [0.3, 0.4) is 0 Å². The van der Waals surface area contributed by atoms with Crippen molar-refractivity contribution in [2.75, 3.05) is 0 Å². The van der Waals surface area contributed by atoms with Gasteiger partial charge in [-0.25, -0.2) is 9.97 Å². The number of benzene rings is 2. The van der Waals surface area contributed by atoms with Crippen LogP contribution in [0.15, 0.2) is 84.0 Å². The molecule has 0 radical (unpaired) electrons. The minimum absolute atomic E-state index is 0. The Bertz CT molecular complexity index is 1520. The molecule has 0 atom stereocenters. The topological polar surface area (TPSA) is 106 Å². The Morgan fingerprint density at radius 3 is 1.74 bits per heavy atom. The first-order valence-electron chi connectivity index (χ1n) is 9.05. The maximum absolute atomic E-state index is 11.5. The van der Waals surface area contributed by atoms with Crippen LogP contribution < -0.4 is 29.6 Å². The summed E-state index contributed by atoms with van der Waals surface area (Å²) in [7, 11) is -4.30. The van der Waals surface area contributed by atoms with Crippen molar-refractivity contribution in [3.05, 3.63) is 79.1 Å². The van der Waals surface area contributed by atoms with Gasteiger partial charge in [0, 0.05) is 12.4 Å². The Hall–Kier alpha value is -2.75. The number of rotatable bonds is 3. The molecule has 0 unspecified atom stereocenters. The molecule has 1 N–H and O–H groups in total. The van der Waals surface area contributed by atoms with Crippen LogP contribution >= 0.6 is 0 Å². The predicted molar refractivity (Wildman–Crippen MR) is 114 cm³/mol. The van der Waals surface area contributed by atoms with Crippen LogP contribution in [0.25, 0.3) is 44.6 Å². The third-order valence-corrected chi connectivity index (χ3v) is 5.56. The average molecular weight is 438 g/mol. The van der Waals surface area contributed by atoms with Crippen molar-refractivity contribution in [3.8, 4) is 22.8 Å². The SMILES string of the molecule is O=S(=O)(O)c1ccc2cc3nc(-c4ccccn4)c(-c4ccccn4)nc3cc2c1.[H-].[Na+]. The Morgan fingerprint density at radius 1 is 0.710 bits per heavy atom. The van der Waals surface area contributed by atoms with E-state index in [1.165, 1.54) is 12.1 Å². The third-order valence-electron chi connectivity index (χ3n) is 4.71. The largest absolute Gasteiger partial charge is 1.00 e. The molecule has 148 valence electrons. The van der Waals surface area contributed by atoms with Gasteiger partial charge in [-0.15, -0.1) is 0 Å². The molecule has 0 aliphatic rings. The van der Waals surface area contributed by atoms with Crippen molar-refractivity contribution in [2.45, 2.75) is 4.90 Å². The molecule has 0 bridgehead atoms. The van der Waals surface area contributed by atoms with Gasteiger partial charge >= 0.3 is 29.6 Å². The van der Waals surface area contributed by atoms with Crippen molar-refractivity contribution in [1.82, 2.24) is 19.9 Å². The summed E-state index contributed by atoms with van der Waals surface area (Å²) in [6.07, 6.45) is 3.38. The van der Waals surface area contributed by atoms with Gasteiger partial charge in [0.25, 0.3) is 10.1 Å². The first-order valence-corrected chi connectivity index (χ1v) is 10.5. The molecule has 2 aromatic carbocycles. The van der Waals surface area contributed by atoms with Gasteiger partial charge in [0.05, 0.1) is 27.3 Å². The Morgan fingerprint density at radius 2 is 1.26 bits per heavy atom. The van der Waals surface area contributed by atoms with Crippen molar-refractivity contribution in [3.63, 3.8) is 0 Å². The summed E-state index contributed by atoms with van der Waals surface area (Å²) < 4.78 is 32.3. The van der Waals surface area contributed by atoms with Gasteiger partial charge < -0.3 is 1.43 Å². The molecular formula is C22H15N4NaO3S. The van der Waals surface area contributed by atoms with E-state index in [-0.39, 0.29) is 35.9 Å². The Labute approximate surface area is 201 Å².